The molecular weight excluding hydrogens is 393 g/mol. The molecule has 3 rings (SSSR count). The van der Waals surface area contributed by atoms with E-state index in [0.717, 1.165) is 11.1 Å². The first-order valence-corrected chi connectivity index (χ1v) is 9.98. The predicted octanol–water partition coefficient (Wildman–Crippen LogP) is 1.02. The van der Waals surface area contributed by atoms with E-state index in [1.807, 2.05) is 62.4 Å². The Labute approximate surface area is 197 Å². The van der Waals surface area contributed by atoms with E-state index in [2.05, 4.69) is 14.0 Å². The number of fused-ring (bicyclic) bond motifs is 1. The molecule has 146 valence electrons. The quantitative estimate of drug-likeness (QED) is 0.261. The summed E-state index contributed by atoms with van der Waals surface area (Å²) in [5.41, 5.74) is 2.38. The van der Waals surface area contributed by atoms with Gasteiger partial charge in [0.15, 0.2) is 5.16 Å². The van der Waals surface area contributed by atoms with Gasteiger partial charge in [-0.25, -0.2) is 4.98 Å². The average molecular weight is 417 g/mol. The largest absolute Gasteiger partial charge is 1.00 e. The summed E-state index contributed by atoms with van der Waals surface area (Å²) in [6.45, 7) is 8.32. The Morgan fingerprint density at radius 2 is 1.93 bits per heavy atom. The molecule has 0 aliphatic heterocycles. The molecule has 0 fully saturated rings. The molecule has 2 aromatic carbocycles. The van der Waals surface area contributed by atoms with Gasteiger partial charge >= 0.3 is 29.6 Å². The van der Waals surface area contributed by atoms with Gasteiger partial charge in [0, 0.05) is 6.54 Å². The van der Waals surface area contributed by atoms with Crippen molar-refractivity contribution in [3.63, 3.8) is 0 Å². The van der Waals surface area contributed by atoms with Crippen molar-refractivity contribution in [2.75, 3.05) is 6.54 Å². The van der Waals surface area contributed by atoms with Crippen molar-refractivity contribution in [1.29, 1.82) is 0 Å². The maximum atomic E-state index is 13.0. The monoisotopic (exact) mass is 416 g/mol. The molecule has 1 heterocycles. The minimum Gasteiger partial charge on any atom is -0.520 e. The summed E-state index contributed by atoms with van der Waals surface area (Å²) in [6.07, 6.45) is 0. The number of nitrogens with zero attached hydrogens (tertiary/aromatic N) is 3. The second-order valence-corrected chi connectivity index (χ2v) is 7.55. The van der Waals surface area contributed by atoms with Crippen LogP contribution in [0.4, 0.5) is 0 Å². The Morgan fingerprint density at radius 3 is 2.55 bits per heavy atom. The summed E-state index contributed by atoms with van der Waals surface area (Å²) in [5.74, 6) is -0.174. The SMILES string of the molecule is [CH2-]CN([CH2-])C(=O)C(Sc1nc2ccc(C)cc2c(=O)n1CC)c1ccccc1.[Na+]. The van der Waals surface area contributed by atoms with E-state index in [1.54, 1.807) is 4.57 Å². The van der Waals surface area contributed by atoms with Gasteiger partial charge in [-0.3, -0.25) is 21.2 Å². The summed E-state index contributed by atoms with van der Waals surface area (Å²) in [5, 5.41) is 0.543. The number of aryl methyl sites for hydroxylation is 1. The van der Waals surface area contributed by atoms with Crippen molar-refractivity contribution in [1.82, 2.24) is 14.5 Å². The molecule has 1 atom stereocenters. The molecule has 0 bridgehead atoms. The van der Waals surface area contributed by atoms with Gasteiger partial charge < -0.3 is 11.8 Å². The second kappa shape index (κ2) is 10.4. The Balaban J connectivity index is 0.00000300. The Morgan fingerprint density at radius 1 is 1.24 bits per heavy atom. The van der Waals surface area contributed by atoms with Crippen LogP contribution in [-0.2, 0) is 11.3 Å². The van der Waals surface area contributed by atoms with E-state index in [0.29, 0.717) is 22.6 Å². The van der Waals surface area contributed by atoms with Gasteiger partial charge in [-0.1, -0.05) is 53.7 Å². The van der Waals surface area contributed by atoms with Crippen molar-refractivity contribution >= 4 is 28.6 Å². The third kappa shape index (κ3) is 5.12. The zero-order chi connectivity index (χ0) is 20.3. The van der Waals surface area contributed by atoms with Crippen LogP contribution >= 0.6 is 11.8 Å². The summed E-state index contributed by atoms with van der Waals surface area (Å²) < 4.78 is 1.62. The smallest absolute Gasteiger partial charge is 0.520 e. The molecule has 0 spiro atoms. The van der Waals surface area contributed by atoms with Crippen LogP contribution in [0, 0.1) is 20.9 Å². The minimum atomic E-state index is -0.562. The van der Waals surface area contributed by atoms with Gasteiger partial charge in [-0.05, 0) is 31.5 Å². The molecule has 7 heteroatoms. The Hall–Kier alpha value is -1.60. The van der Waals surface area contributed by atoms with Crippen molar-refractivity contribution in [3.05, 3.63) is 84.0 Å². The molecule has 29 heavy (non-hydrogen) atoms. The van der Waals surface area contributed by atoms with Crippen LogP contribution in [0.5, 0.6) is 0 Å². The number of amides is 1. The van der Waals surface area contributed by atoms with E-state index in [-0.39, 0.29) is 47.6 Å². The van der Waals surface area contributed by atoms with Crippen molar-refractivity contribution in [3.8, 4) is 0 Å². The van der Waals surface area contributed by atoms with Crippen LogP contribution in [0.15, 0.2) is 58.5 Å². The first-order valence-electron chi connectivity index (χ1n) is 9.10. The molecule has 0 radical (unpaired) electrons. The van der Waals surface area contributed by atoms with E-state index >= 15 is 0 Å². The predicted molar refractivity (Wildman–Crippen MR) is 114 cm³/mol. The van der Waals surface area contributed by atoms with Crippen LogP contribution in [0.1, 0.15) is 23.3 Å². The van der Waals surface area contributed by atoms with Gasteiger partial charge in [0.25, 0.3) is 5.56 Å². The number of hydrogen-bond donors (Lipinski definition) is 0. The third-order valence-corrected chi connectivity index (χ3v) is 5.75. The number of carbonyl (C=O) groups is 1. The first kappa shape index (κ1) is 23.7. The fourth-order valence-corrected chi connectivity index (χ4v) is 4.20. The van der Waals surface area contributed by atoms with Gasteiger partial charge in [0.05, 0.1) is 10.9 Å². The fraction of sp³-hybridized carbons (Fsp3) is 0.227. The molecule has 1 amide bonds. The molecule has 3 aromatic rings. The van der Waals surface area contributed by atoms with Gasteiger partial charge in [-0.2, -0.15) is 0 Å². The number of aromatic nitrogens is 2. The molecule has 5 nitrogen and oxygen atoms in total. The van der Waals surface area contributed by atoms with Crippen LogP contribution in [0.25, 0.3) is 10.9 Å². The fourth-order valence-electron chi connectivity index (χ4n) is 2.95. The molecule has 0 saturated heterocycles. The van der Waals surface area contributed by atoms with E-state index in [4.69, 9.17) is 4.98 Å². The summed E-state index contributed by atoms with van der Waals surface area (Å²) in [6, 6.07) is 15.1. The molecule has 0 N–H and O–H groups in total. The molecule has 0 aliphatic carbocycles. The van der Waals surface area contributed by atoms with Gasteiger partial charge in [-0.15, -0.1) is 6.54 Å². The number of thioether (sulfide) groups is 1. The van der Waals surface area contributed by atoms with Crippen LogP contribution < -0.4 is 35.1 Å². The zero-order valence-electron chi connectivity index (χ0n) is 17.1. The van der Waals surface area contributed by atoms with Gasteiger partial charge in [0.1, 0.15) is 5.25 Å². The van der Waals surface area contributed by atoms with Crippen LogP contribution in [-0.4, -0.2) is 26.9 Å². The number of benzene rings is 2. The molecule has 0 aliphatic rings. The van der Waals surface area contributed by atoms with Gasteiger partial charge in [0.2, 0.25) is 5.91 Å². The molecule has 1 aromatic heterocycles. The maximum Gasteiger partial charge on any atom is 1.00 e. The topological polar surface area (TPSA) is 55.2 Å². The molecule has 1 unspecified atom stereocenters. The molecular formula is C22H23N3NaO2S-. The average Bonchev–Trinajstić information content (AvgIpc) is 2.72. The summed E-state index contributed by atoms with van der Waals surface area (Å²) >= 11 is 1.27. The number of rotatable bonds is 6. The van der Waals surface area contributed by atoms with Crippen LogP contribution in [0.2, 0.25) is 0 Å². The normalized spacial score (nSPS) is 11.7. The standard InChI is InChI=1S/C22H23N3O2S.Na/c1-5-24(4)21(27)19(16-10-8-7-9-11-16)28-22-23-18-13-12-15(3)14-17(18)20(26)25(22)6-2;/h7-14,19H,1,4-6H2,2-3H3;/q-2;+1. The third-order valence-electron chi connectivity index (χ3n) is 4.52. The Kier molecular flexibility index (Phi) is 8.52. The minimum absolute atomic E-state index is 0. The number of hydrogen-bond acceptors (Lipinski definition) is 4. The van der Waals surface area contributed by atoms with E-state index in [1.165, 1.54) is 16.7 Å². The molecule has 0 saturated carbocycles. The van der Waals surface area contributed by atoms with Crippen molar-refractivity contribution < 1.29 is 34.4 Å². The number of carbonyl (C=O) groups excluding carboxylic acids is 1. The first-order chi connectivity index (χ1) is 13.5. The van der Waals surface area contributed by atoms with Crippen molar-refractivity contribution in [2.45, 2.75) is 30.8 Å². The van der Waals surface area contributed by atoms with Crippen LogP contribution in [0.3, 0.4) is 0 Å². The summed E-state index contributed by atoms with van der Waals surface area (Å²) in [4.78, 5) is 32.0. The Bertz CT molecular complexity index is 1050. The van der Waals surface area contributed by atoms with E-state index < -0.39 is 5.25 Å². The van der Waals surface area contributed by atoms with Crippen molar-refractivity contribution in [2.24, 2.45) is 0 Å². The maximum absolute atomic E-state index is 13.0. The zero-order valence-corrected chi connectivity index (χ0v) is 19.9. The van der Waals surface area contributed by atoms with E-state index in [9.17, 15) is 9.59 Å². The second-order valence-electron chi connectivity index (χ2n) is 6.47. The summed E-state index contributed by atoms with van der Waals surface area (Å²) in [7, 11) is 3.78.